The molecule has 0 unspecified atom stereocenters. The average molecular weight is 213 g/mol. The van der Waals surface area contributed by atoms with Gasteiger partial charge in [0, 0.05) is 7.05 Å². The molecule has 0 amide bonds. The van der Waals surface area contributed by atoms with Crippen LogP contribution >= 0.6 is 0 Å². The number of azo groups is 1. The summed E-state index contributed by atoms with van der Waals surface area (Å²) in [6.07, 6.45) is 0. The second-order valence-corrected chi connectivity index (χ2v) is 4.39. The molecule has 0 aliphatic rings. The van der Waals surface area contributed by atoms with Crippen LogP contribution in [0.25, 0.3) is 0 Å². The number of hydrogen-bond donors (Lipinski definition) is 1. The molecule has 0 heterocycles. The first-order valence-electron chi connectivity index (χ1n) is 3.93. The Bertz CT molecular complexity index is 422. The number of benzene rings is 1. The molecule has 0 aromatic heterocycles. The molecule has 0 aliphatic carbocycles. The number of rotatable bonds is 3. The summed E-state index contributed by atoms with van der Waals surface area (Å²) in [7, 11) is -0.428. The number of hydrogen-bond acceptors (Lipinski definition) is 4. The molecule has 5 nitrogen and oxygen atoms in total. The molecule has 6 heteroatoms. The summed E-state index contributed by atoms with van der Waals surface area (Å²) in [5.41, 5.74) is 0.627. The van der Waals surface area contributed by atoms with Crippen molar-refractivity contribution >= 4 is 15.7 Å². The Labute approximate surface area is 82.9 Å². The van der Waals surface area contributed by atoms with Crippen LogP contribution < -0.4 is 4.72 Å². The maximum Gasteiger partial charge on any atom is 0.240 e. The summed E-state index contributed by atoms with van der Waals surface area (Å²) in [5, 5.41) is 7.34. The van der Waals surface area contributed by atoms with Crippen LogP contribution in [0.5, 0.6) is 0 Å². The second-order valence-electron chi connectivity index (χ2n) is 2.50. The summed E-state index contributed by atoms with van der Waals surface area (Å²) in [6, 6.07) is 6.15. The van der Waals surface area contributed by atoms with Gasteiger partial charge in [-0.05, 0) is 31.3 Å². The Balaban J connectivity index is 3.06. The Morgan fingerprint density at radius 1 is 1.21 bits per heavy atom. The minimum absolute atomic E-state index is 0.218. The molecule has 76 valence electrons. The molecule has 0 saturated heterocycles. The van der Waals surface area contributed by atoms with Gasteiger partial charge in [-0.3, -0.25) is 0 Å². The van der Waals surface area contributed by atoms with E-state index in [1.54, 1.807) is 19.2 Å². The van der Waals surface area contributed by atoms with E-state index in [2.05, 4.69) is 15.0 Å². The van der Waals surface area contributed by atoms with Crippen molar-refractivity contribution in [2.45, 2.75) is 4.90 Å². The van der Waals surface area contributed by atoms with Gasteiger partial charge in [-0.15, -0.1) is 0 Å². The van der Waals surface area contributed by atoms with E-state index in [4.69, 9.17) is 0 Å². The van der Waals surface area contributed by atoms with Crippen LogP contribution in [0.3, 0.4) is 0 Å². The minimum Gasteiger partial charge on any atom is -0.214 e. The summed E-state index contributed by atoms with van der Waals surface area (Å²) in [5.74, 6) is 0. The third-order valence-electron chi connectivity index (χ3n) is 1.63. The van der Waals surface area contributed by atoms with Gasteiger partial charge in [0.25, 0.3) is 0 Å². The van der Waals surface area contributed by atoms with Crippen molar-refractivity contribution in [1.82, 2.24) is 4.72 Å². The second kappa shape index (κ2) is 4.30. The number of nitrogens with one attached hydrogen (secondary N) is 1. The van der Waals surface area contributed by atoms with E-state index in [0.29, 0.717) is 5.69 Å². The molecule has 0 bridgehead atoms. The van der Waals surface area contributed by atoms with Crippen molar-refractivity contribution in [2.24, 2.45) is 10.2 Å². The third kappa shape index (κ3) is 2.36. The van der Waals surface area contributed by atoms with Crippen molar-refractivity contribution in [1.29, 1.82) is 0 Å². The lowest BCUT2D eigenvalue weighted by molar-refractivity contribution is 0.588. The van der Waals surface area contributed by atoms with E-state index in [1.165, 1.54) is 19.2 Å². The Kier molecular flexibility index (Phi) is 3.32. The zero-order valence-corrected chi connectivity index (χ0v) is 8.75. The summed E-state index contributed by atoms with van der Waals surface area (Å²) < 4.78 is 24.8. The molecule has 0 atom stereocenters. The van der Waals surface area contributed by atoms with Gasteiger partial charge in [-0.1, -0.05) is 0 Å². The van der Waals surface area contributed by atoms with Crippen molar-refractivity contribution in [3.8, 4) is 0 Å². The highest BCUT2D eigenvalue weighted by Crippen LogP contribution is 2.16. The maximum absolute atomic E-state index is 11.3. The highest BCUT2D eigenvalue weighted by molar-refractivity contribution is 7.89. The minimum atomic E-state index is -3.35. The van der Waals surface area contributed by atoms with E-state index >= 15 is 0 Å². The Morgan fingerprint density at radius 2 is 1.79 bits per heavy atom. The van der Waals surface area contributed by atoms with E-state index < -0.39 is 10.0 Å². The van der Waals surface area contributed by atoms with E-state index in [9.17, 15) is 8.42 Å². The first-order valence-corrected chi connectivity index (χ1v) is 5.42. The Morgan fingerprint density at radius 3 is 2.21 bits per heavy atom. The summed E-state index contributed by atoms with van der Waals surface area (Å²) in [4.78, 5) is 0.218. The molecule has 0 fully saturated rings. The van der Waals surface area contributed by atoms with Gasteiger partial charge < -0.3 is 0 Å². The predicted molar refractivity (Wildman–Crippen MR) is 53.1 cm³/mol. The zero-order valence-electron chi connectivity index (χ0n) is 7.93. The fourth-order valence-corrected chi connectivity index (χ4v) is 1.66. The van der Waals surface area contributed by atoms with Gasteiger partial charge in [0.05, 0.1) is 10.6 Å². The van der Waals surface area contributed by atoms with Gasteiger partial charge >= 0.3 is 0 Å². The lowest BCUT2D eigenvalue weighted by Crippen LogP contribution is -2.18. The average Bonchev–Trinajstić information content (AvgIpc) is 2.19. The lowest BCUT2D eigenvalue weighted by Gasteiger charge is -2.01. The SMILES string of the molecule is CN=Nc1ccc(S(=O)(=O)NC)cc1. The van der Waals surface area contributed by atoms with Gasteiger partial charge in [0.15, 0.2) is 0 Å². The lowest BCUT2D eigenvalue weighted by atomic mass is 10.3. The molecule has 1 aromatic rings. The normalized spacial score (nSPS) is 12.1. The highest BCUT2D eigenvalue weighted by Gasteiger charge is 2.09. The van der Waals surface area contributed by atoms with Crippen molar-refractivity contribution in [2.75, 3.05) is 14.1 Å². The van der Waals surface area contributed by atoms with Gasteiger partial charge in [0.2, 0.25) is 10.0 Å². The van der Waals surface area contributed by atoms with Crippen molar-refractivity contribution in [3.05, 3.63) is 24.3 Å². The van der Waals surface area contributed by atoms with Crippen molar-refractivity contribution < 1.29 is 8.42 Å². The smallest absolute Gasteiger partial charge is 0.214 e. The summed E-state index contributed by atoms with van der Waals surface area (Å²) >= 11 is 0. The Hall–Kier alpha value is -1.27. The van der Waals surface area contributed by atoms with E-state index in [0.717, 1.165) is 0 Å². The highest BCUT2D eigenvalue weighted by atomic mass is 32.2. The molecule has 0 saturated carbocycles. The van der Waals surface area contributed by atoms with Gasteiger partial charge in [-0.2, -0.15) is 10.2 Å². The van der Waals surface area contributed by atoms with E-state index in [1.807, 2.05) is 0 Å². The predicted octanol–water partition coefficient (Wildman–Crippen LogP) is 1.31. The first kappa shape index (κ1) is 10.8. The van der Waals surface area contributed by atoms with Crippen LogP contribution in [0.2, 0.25) is 0 Å². The van der Waals surface area contributed by atoms with Gasteiger partial charge in [0.1, 0.15) is 0 Å². The molecular weight excluding hydrogens is 202 g/mol. The quantitative estimate of drug-likeness (QED) is 0.769. The molecule has 0 aliphatic heterocycles. The molecule has 1 aromatic carbocycles. The van der Waals surface area contributed by atoms with Crippen LogP contribution in [0.15, 0.2) is 39.4 Å². The molecule has 14 heavy (non-hydrogen) atoms. The maximum atomic E-state index is 11.3. The van der Waals surface area contributed by atoms with Crippen molar-refractivity contribution in [3.63, 3.8) is 0 Å². The monoisotopic (exact) mass is 213 g/mol. The van der Waals surface area contributed by atoms with Crippen LogP contribution in [0.1, 0.15) is 0 Å². The van der Waals surface area contributed by atoms with Crippen LogP contribution in [-0.2, 0) is 10.0 Å². The molecule has 0 spiro atoms. The molecular formula is C8H11N3O2S. The fraction of sp³-hybridized carbons (Fsp3) is 0.250. The largest absolute Gasteiger partial charge is 0.240 e. The van der Waals surface area contributed by atoms with Crippen LogP contribution in [0, 0.1) is 0 Å². The number of sulfonamides is 1. The molecule has 0 radical (unpaired) electrons. The molecule has 1 rings (SSSR count). The number of nitrogens with zero attached hydrogens (tertiary/aromatic N) is 2. The topological polar surface area (TPSA) is 70.9 Å². The third-order valence-corrected chi connectivity index (χ3v) is 3.06. The standard InChI is InChI=1S/C8H11N3O2S/c1-9-11-7-3-5-8(6-4-7)14(12,13)10-2/h3-6,10H,1-2H3. The van der Waals surface area contributed by atoms with Gasteiger partial charge in [-0.25, -0.2) is 13.1 Å². The van der Waals surface area contributed by atoms with Crippen LogP contribution in [-0.4, -0.2) is 22.5 Å². The summed E-state index contributed by atoms with van der Waals surface area (Å²) in [6.45, 7) is 0. The van der Waals surface area contributed by atoms with Crippen LogP contribution in [0.4, 0.5) is 5.69 Å². The zero-order chi connectivity index (χ0) is 10.6. The molecule has 1 N–H and O–H groups in total. The first-order chi connectivity index (χ1) is 6.60. The van der Waals surface area contributed by atoms with E-state index in [-0.39, 0.29) is 4.90 Å². The fourth-order valence-electron chi connectivity index (χ4n) is 0.925.